The molecule has 3 heterocycles. The lowest BCUT2D eigenvalue weighted by molar-refractivity contribution is -0.147. The Hall–Kier alpha value is -3.10. The number of carboxylic acids is 1. The summed E-state index contributed by atoms with van der Waals surface area (Å²) in [6, 6.07) is 3.65. The molecule has 0 radical (unpaired) electrons. The van der Waals surface area contributed by atoms with E-state index in [0.29, 0.717) is 12.1 Å². The van der Waals surface area contributed by atoms with Crippen molar-refractivity contribution in [3.8, 4) is 11.4 Å². The number of nitrogens with zero attached hydrogens (tertiary/aromatic N) is 6. The molecule has 1 atom stereocenters. The van der Waals surface area contributed by atoms with E-state index in [-0.39, 0.29) is 16.9 Å². The van der Waals surface area contributed by atoms with Gasteiger partial charge in [-0.05, 0) is 42.3 Å². The van der Waals surface area contributed by atoms with Crippen LogP contribution in [0.2, 0.25) is 0 Å². The minimum Gasteiger partial charge on any atom is -0.479 e. The second kappa shape index (κ2) is 16.2. The second-order valence-electron chi connectivity index (χ2n) is 11.4. The lowest BCUT2D eigenvalue weighted by Crippen LogP contribution is -2.41. The van der Waals surface area contributed by atoms with Gasteiger partial charge in [-0.3, -0.25) is 9.20 Å². The van der Waals surface area contributed by atoms with Gasteiger partial charge in [0.2, 0.25) is 0 Å². The van der Waals surface area contributed by atoms with Crippen LogP contribution in [0.4, 0.5) is 0 Å². The molecule has 0 spiro atoms. The lowest BCUT2D eigenvalue weighted by atomic mass is 9.93. The van der Waals surface area contributed by atoms with Crippen molar-refractivity contribution in [2.45, 2.75) is 135 Å². The molecule has 3 aromatic rings. The van der Waals surface area contributed by atoms with Crippen LogP contribution < -0.4 is 5.56 Å². The average molecular weight is 553 g/mol. The fourth-order valence-electron chi connectivity index (χ4n) is 5.41. The predicted octanol–water partition coefficient (Wildman–Crippen LogP) is 7.11. The van der Waals surface area contributed by atoms with Crippen LogP contribution in [0, 0.1) is 6.92 Å². The number of pyridine rings is 1. The first-order valence-electron chi connectivity index (χ1n) is 15.4. The topological polar surface area (TPSA) is 115 Å². The van der Waals surface area contributed by atoms with Gasteiger partial charge in [0, 0.05) is 12.4 Å². The van der Waals surface area contributed by atoms with Gasteiger partial charge in [0.05, 0.1) is 0 Å². The molecule has 0 aliphatic heterocycles. The van der Waals surface area contributed by atoms with E-state index in [1.807, 2.05) is 13.0 Å². The summed E-state index contributed by atoms with van der Waals surface area (Å²) in [5.74, 6) is -0.901. The number of rotatable bonds is 20. The Labute approximate surface area is 238 Å². The summed E-state index contributed by atoms with van der Waals surface area (Å²) in [4.78, 5) is 30.1. The standard InChI is InChI=1S/C31H48N6O3/c1-4-5-6-7-8-9-10-11-12-13-14-15-16-17-18-19-22-31(3,30(39)40)37-28(33-34-35-37)26-24-32-27-25(2)21-20-23-36(27)29(26)38/h20-21,23-24H,4-19,22H2,1-3H3,(H,39,40). The molecule has 9 heteroatoms. The van der Waals surface area contributed by atoms with Crippen molar-refractivity contribution >= 4 is 11.6 Å². The fraction of sp³-hybridized carbons (Fsp3) is 0.677. The maximum atomic E-state index is 13.2. The summed E-state index contributed by atoms with van der Waals surface area (Å²) in [6.45, 7) is 5.77. The summed E-state index contributed by atoms with van der Waals surface area (Å²) in [6.07, 6.45) is 23.6. The van der Waals surface area contributed by atoms with E-state index in [9.17, 15) is 14.7 Å². The van der Waals surface area contributed by atoms with Gasteiger partial charge in [-0.1, -0.05) is 116 Å². The van der Waals surface area contributed by atoms with Crippen LogP contribution in [-0.2, 0) is 10.3 Å². The van der Waals surface area contributed by atoms with Crippen LogP contribution in [0.15, 0.2) is 29.3 Å². The molecule has 220 valence electrons. The lowest BCUT2D eigenvalue weighted by Gasteiger charge is -2.25. The van der Waals surface area contributed by atoms with Crippen molar-refractivity contribution in [2.24, 2.45) is 0 Å². The molecule has 40 heavy (non-hydrogen) atoms. The number of hydrogen-bond acceptors (Lipinski definition) is 6. The van der Waals surface area contributed by atoms with E-state index in [1.54, 1.807) is 19.2 Å². The number of aromatic nitrogens is 6. The Morgan fingerprint density at radius 3 is 2.00 bits per heavy atom. The van der Waals surface area contributed by atoms with E-state index < -0.39 is 11.5 Å². The Morgan fingerprint density at radius 2 is 1.45 bits per heavy atom. The highest BCUT2D eigenvalue weighted by Crippen LogP contribution is 2.28. The van der Waals surface area contributed by atoms with E-state index in [0.717, 1.165) is 24.8 Å². The molecular weight excluding hydrogens is 504 g/mol. The Kier molecular flexibility index (Phi) is 12.8. The highest BCUT2D eigenvalue weighted by atomic mass is 16.4. The summed E-state index contributed by atoms with van der Waals surface area (Å²) >= 11 is 0. The quantitative estimate of drug-likeness (QED) is 0.149. The number of carboxylic acid groups (broad SMARTS) is 1. The number of fused-ring (bicyclic) bond motifs is 1. The number of hydrogen-bond donors (Lipinski definition) is 1. The van der Waals surface area contributed by atoms with Gasteiger partial charge in [0.1, 0.15) is 11.2 Å². The van der Waals surface area contributed by atoms with Crippen LogP contribution in [0.5, 0.6) is 0 Å². The number of unbranched alkanes of at least 4 members (excludes halogenated alkanes) is 15. The van der Waals surface area contributed by atoms with Gasteiger partial charge in [-0.15, -0.1) is 5.10 Å². The molecule has 1 unspecified atom stereocenters. The van der Waals surface area contributed by atoms with Crippen molar-refractivity contribution in [1.29, 1.82) is 0 Å². The minimum absolute atomic E-state index is 0.120. The van der Waals surface area contributed by atoms with E-state index in [4.69, 9.17) is 0 Å². The van der Waals surface area contributed by atoms with Crippen LogP contribution in [0.1, 0.15) is 129 Å². The number of carbonyl (C=O) groups is 1. The molecule has 3 rings (SSSR count). The molecule has 0 aliphatic rings. The zero-order valence-electron chi connectivity index (χ0n) is 24.8. The molecule has 0 aliphatic carbocycles. The predicted molar refractivity (Wildman–Crippen MR) is 158 cm³/mol. The van der Waals surface area contributed by atoms with Crippen LogP contribution in [-0.4, -0.2) is 40.7 Å². The summed E-state index contributed by atoms with van der Waals surface area (Å²) < 4.78 is 2.72. The maximum Gasteiger partial charge on any atom is 0.331 e. The van der Waals surface area contributed by atoms with Crippen LogP contribution in [0.25, 0.3) is 17.0 Å². The summed E-state index contributed by atoms with van der Waals surface area (Å²) in [5, 5.41) is 21.9. The maximum absolute atomic E-state index is 13.2. The number of aliphatic carboxylic acids is 1. The van der Waals surface area contributed by atoms with Gasteiger partial charge in [-0.25, -0.2) is 14.5 Å². The van der Waals surface area contributed by atoms with Crippen molar-refractivity contribution in [3.05, 3.63) is 40.4 Å². The van der Waals surface area contributed by atoms with Gasteiger partial charge < -0.3 is 5.11 Å². The van der Waals surface area contributed by atoms with Crippen molar-refractivity contribution < 1.29 is 9.90 Å². The Balaban J connectivity index is 1.43. The third kappa shape index (κ3) is 8.45. The third-order valence-corrected chi connectivity index (χ3v) is 8.08. The summed E-state index contributed by atoms with van der Waals surface area (Å²) in [5.41, 5.74) is -0.116. The van der Waals surface area contributed by atoms with Crippen molar-refractivity contribution in [2.75, 3.05) is 0 Å². The third-order valence-electron chi connectivity index (χ3n) is 8.08. The zero-order valence-corrected chi connectivity index (χ0v) is 24.8. The molecule has 0 fully saturated rings. The van der Waals surface area contributed by atoms with E-state index in [2.05, 4.69) is 27.4 Å². The Bertz CT molecular complexity index is 1250. The summed E-state index contributed by atoms with van der Waals surface area (Å²) in [7, 11) is 0. The van der Waals surface area contributed by atoms with Gasteiger partial charge in [0.25, 0.3) is 5.56 Å². The fourth-order valence-corrected chi connectivity index (χ4v) is 5.41. The molecule has 3 aromatic heterocycles. The molecule has 9 nitrogen and oxygen atoms in total. The SMILES string of the molecule is CCCCCCCCCCCCCCCCCCC(C)(C(=O)O)n1nnnc1-c1cnc2c(C)cccn2c1=O. The largest absolute Gasteiger partial charge is 0.479 e. The van der Waals surface area contributed by atoms with E-state index in [1.165, 1.54) is 98.8 Å². The van der Waals surface area contributed by atoms with E-state index >= 15 is 0 Å². The van der Waals surface area contributed by atoms with Crippen molar-refractivity contribution in [1.82, 2.24) is 29.6 Å². The molecular formula is C31H48N6O3. The smallest absolute Gasteiger partial charge is 0.331 e. The minimum atomic E-state index is -1.37. The monoisotopic (exact) mass is 552 g/mol. The second-order valence-corrected chi connectivity index (χ2v) is 11.4. The molecule has 0 saturated carbocycles. The first-order valence-corrected chi connectivity index (χ1v) is 15.4. The average Bonchev–Trinajstić information content (AvgIpc) is 3.43. The first kappa shape index (κ1) is 31.4. The number of tetrazole rings is 1. The van der Waals surface area contributed by atoms with Gasteiger partial charge in [-0.2, -0.15) is 0 Å². The van der Waals surface area contributed by atoms with Crippen LogP contribution >= 0.6 is 0 Å². The van der Waals surface area contributed by atoms with Crippen LogP contribution in [0.3, 0.4) is 0 Å². The van der Waals surface area contributed by atoms with Gasteiger partial charge in [0.15, 0.2) is 11.4 Å². The Morgan fingerprint density at radius 1 is 0.900 bits per heavy atom. The molecule has 0 aromatic carbocycles. The highest BCUT2D eigenvalue weighted by molar-refractivity contribution is 5.77. The first-order chi connectivity index (χ1) is 19.4. The molecule has 0 saturated heterocycles. The highest BCUT2D eigenvalue weighted by Gasteiger charge is 2.39. The molecule has 0 amide bonds. The normalized spacial score (nSPS) is 13.1. The van der Waals surface area contributed by atoms with Crippen molar-refractivity contribution in [3.63, 3.8) is 0 Å². The molecule has 1 N–H and O–H groups in total. The number of aryl methyl sites for hydroxylation is 1. The molecule has 0 bridgehead atoms. The van der Waals surface area contributed by atoms with Gasteiger partial charge >= 0.3 is 5.97 Å². The zero-order chi connectivity index (χ0) is 28.8.